The minimum absolute atomic E-state index is 0.0117. The fourth-order valence-corrected chi connectivity index (χ4v) is 4.19. The average Bonchev–Trinajstić information content (AvgIpc) is 2.71. The molecule has 0 bridgehead atoms. The third-order valence-electron chi connectivity index (χ3n) is 4.49. The van der Waals surface area contributed by atoms with Crippen LogP contribution in [0.15, 0.2) is 64.6 Å². The summed E-state index contributed by atoms with van der Waals surface area (Å²) in [6, 6.07) is 12.3. The van der Waals surface area contributed by atoms with Gasteiger partial charge in [0.25, 0.3) is 15.7 Å². The molecule has 0 fully saturated rings. The molecule has 0 saturated carbocycles. The van der Waals surface area contributed by atoms with E-state index in [2.05, 4.69) is 15.2 Å². The van der Waals surface area contributed by atoms with E-state index in [-0.39, 0.29) is 27.6 Å². The zero-order chi connectivity index (χ0) is 23.5. The van der Waals surface area contributed by atoms with Crippen LogP contribution in [-0.2, 0) is 10.0 Å². The first-order valence-electron chi connectivity index (χ1n) is 9.26. The molecule has 3 aromatic rings. The number of phenols is 2. The summed E-state index contributed by atoms with van der Waals surface area (Å²) in [5, 5.41) is 34.3. The Morgan fingerprint density at radius 2 is 1.72 bits per heavy atom. The predicted octanol–water partition coefficient (Wildman–Crippen LogP) is 3.87. The van der Waals surface area contributed by atoms with Gasteiger partial charge >= 0.3 is 0 Å². The number of aryl methyl sites for hydroxylation is 2. The van der Waals surface area contributed by atoms with Gasteiger partial charge in [-0.05, 0) is 43.7 Å². The number of hydrazone groups is 1. The molecule has 0 unspecified atom stereocenters. The van der Waals surface area contributed by atoms with E-state index in [4.69, 9.17) is 0 Å². The maximum absolute atomic E-state index is 13.1. The normalized spacial score (nSPS) is 11.4. The number of nitro groups is 1. The summed E-state index contributed by atoms with van der Waals surface area (Å²) >= 11 is 0. The number of rotatable bonds is 7. The van der Waals surface area contributed by atoms with Crippen LogP contribution >= 0.6 is 0 Å². The largest absolute Gasteiger partial charge is 0.508 e. The van der Waals surface area contributed by atoms with E-state index in [0.29, 0.717) is 11.3 Å². The molecule has 166 valence electrons. The van der Waals surface area contributed by atoms with E-state index in [1.54, 1.807) is 25.1 Å². The number of sulfonamides is 1. The SMILES string of the molecule is Cc1ccc(NS(=O)(=O)c2cc([N+](=O)[O-])ccc2NN=Cc2ccc(O)cc2O)c(C)c1. The molecule has 0 saturated heterocycles. The molecule has 0 aliphatic heterocycles. The van der Waals surface area contributed by atoms with Crippen LogP contribution in [0.25, 0.3) is 0 Å². The highest BCUT2D eigenvalue weighted by atomic mass is 32.2. The van der Waals surface area contributed by atoms with E-state index < -0.39 is 20.6 Å². The van der Waals surface area contributed by atoms with E-state index in [1.807, 2.05) is 6.92 Å². The van der Waals surface area contributed by atoms with Crippen molar-refractivity contribution in [3.8, 4) is 11.5 Å². The second-order valence-corrected chi connectivity index (χ2v) is 8.63. The zero-order valence-electron chi connectivity index (χ0n) is 17.1. The van der Waals surface area contributed by atoms with Gasteiger partial charge in [-0.3, -0.25) is 20.3 Å². The maximum Gasteiger partial charge on any atom is 0.270 e. The molecule has 3 rings (SSSR count). The lowest BCUT2D eigenvalue weighted by atomic mass is 10.1. The quantitative estimate of drug-likeness (QED) is 0.239. The fraction of sp³-hybridized carbons (Fsp3) is 0.0952. The minimum atomic E-state index is -4.22. The standard InChI is InChI=1S/C21H20N4O6S/c1-13-3-7-18(14(2)9-13)24-32(30,31)21-10-16(25(28)29)5-8-19(21)23-22-12-15-4-6-17(26)11-20(15)27/h3-12,23-24,26-27H,1-2H3. The van der Waals surface area contributed by atoms with Gasteiger partial charge in [-0.15, -0.1) is 0 Å². The smallest absolute Gasteiger partial charge is 0.270 e. The van der Waals surface area contributed by atoms with Crippen molar-refractivity contribution in [1.82, 2.24) is 0 Å². The van der Waals surface area contributed by atoms with Crippen molar-refractivity contribution in [2.45, 2.75) is 18.7 Å². The molecule has 0 radical (unpaired) electrons. The zero-order valence-corrected chi connectivity index (χ0v) is 17.9. The number of non-ortho nitro benzene ring substituents is 1. The van der Waals surface area contributed by atoms with Gasteiger partial charge in [-0.25, -0.2) is 8.42 Å². The first-order valence-corrected chi connectivity index (χ1v) is 10.7. The third-order valence-corrected chi connectivity index (χ3v) is 5.90. The highest BCUT2D eigenvalue weighted by Crippen LogP contribution is 2.29. The lowest BCUT2D eigenvalue weighted by Gasteiger charge is -2.14. The first kappa shape index (κ1) is 22.6. The van der Waals surface area contributed by atoms with Crippen molar-refractivity contribution in [1.29, 1.82) is 0 Å². The predicted molar refractivity (Wildman–Crippen MR) is 121 cm³/mol. The average molecular weight is 456 g/mol. The Kier molecular flexibility index (Phi) is 6.30. The highest BCUT2D eigenvalue weighted by molar-refractivity contribution is 7.92. The molecule has 0 aliphatic carbocycles. The Morgan fingerprint density at radius 3 is 2.38 bits per heavy atom. The van der Waals surface area contributed by atoms with Gasteiger partial charge in [0.1, 0.15) is 16.4 Å². The monoisotopic (exact) mass is 456 g/mol. The van der Waals surface area contributed by atoms with Gasteiger partial charge in [0, 0.05) is 23.8 Å². The Labute approximate surface area is 184 Å². The van der Waals surface area contributed by atoms with Crippen molar-refractivity contribution in [3.05, 3.63) is 81.4 Å². The van der Waals surface area contributed by atoms with Crippen LogP contribution in [-0.4, -0.2) is 29.8 Å². The first-order chi connectivity index (χ1) is 15.1. The molecule has 0 heterocycles. The van der Waals surface area contributed by atoms with Gasteiger partial charge in [0.05, 0.1) is 22.5 Å². The van der Waals surface area contributed by atoms with Crippen molar-refractivity contribution in [2.75, 3.05) is 10.1 Å². The third kappa shape index (κ3) is 5.13. The van der Waals surface area contributed by atoms with Gasteiger partial charge < -0.3 is 10.2 Å². The summed E-state index contributed by atoms with van der Waals surface area (Å²) in [4.78, 5) is 10.1. The number of benzene rings is 3. The number of hydrogen-bond donors (Lipinski definition) is 4. The highest BCUT2D eigenvalue weighted by Gasteiger charge is 2.23. The lowest BCUT2D eigenvalue weighted by Crippen LogP contribution is -2.16. The summed E-state index contributed by atoms with van der Waals surface area (Å²) in [5.74, 6) is -0.363. The number of phenolic OH excluding ortho intramolecular Hbond substituents is 2. The lowest BCUT2D eigenvalue weighted by molar-refractivity contribution is -0.385. The van der Waals surface area contributed by atoms with Crippen LogP contribution < -0.4 is 10.1 Å². The molecule has 10 nitrogen and oxygen atoms in total. The molecular weight excluding hydrogens is 436 g/mol. The van der Waals surface area contributed by atoms with Crippen molar-refractivity contribution in [3.63, 3.8) is 0 Å². The fourth-order valence-electron chi connectivity index (χ4n) is 2.88. The second-order valence-electron chi connectivity index (χ2n) is 6.97. The maximum atomic E-state index is 13.1. The molecule has 0 atom stereocenters. The number of aromatic hydroxyl groups is 2. The van der Waals surface area contributed by atoms with Crippen molar-refractivity contribution >= 4 is 33.3 Å². The van der Waals surface area contributed by atoms with Gasteiger partial charge in [-0.1, -0.05) is 17.7 Å². The van der Waals surface area contributed by atoms with Gasteiger partial charge in [-0.2, -0.15) is 5.10 Å². The van der Waals surface area contributed by atoms with Crippen LogP contribution in [0.3, 0.4) is 0 Å². The van der Waals surface area contributed by atoms with Crippen LogP contribution in [0.4, 0.5) is 17.1 Å². The number of nitrogens with zero attached hydrogens (tertiary/aromatic N) is 2. The molecule has 11 heteroatoms. The topological polar surface area (TPSA) is 154 Å². The van der Waals surface area contributed by atoms with Gasteiger partial charge in [0.2, 0.25) is 0 Å². The molecule has 0 aliphatic rings. The van der Waals surface area contributed by atoms with Crippen LogP contribution in [0.5, 0.6) is 11.5 Å². The summed E-state index contributed by atoms with van der Waals surface area (Å²) in [5.41, 5.74) is 4.36. The molecule has 0 aromatic heterocycles. The van der Waals surface area contributed by atoms with Gasteiger partial charge in [0.15, 0.2) is 0 Å². The molecule has 4 N–H and O–H groups in total. The summed E-state index contributed by atoms with van der Waals surface area (Å²) in [6.45, 7) is 3.61. The number of anilines is 2. The van der Waals surface area contributed by atoms with Crippen molar-refractivity contribution < 1.29 is 23.6 Å². The molecule has 0 amide bonds. The molecular formula is C21H20N4O6S. The van der Waals surface area contributed by atoms with Crippen LogP contribution in [0.1, 0.15) is 16.7 Å². The molecule has 0 spiro atoms. The van der Waals surface area contributed by atoms with E-state index in [1.165, 1.54) is 24.4 Å². The van der Waals surface area contributed by atoms with Crippen LogP contribution in [0.2, 0.25) is 0 Å². The summed E-state index contributed by atoms with van der Waals surface area (Å²) < 4.78 is 28.6. The Balaban J connectivity index is 1.96. The Morgan fingerprint density at radius 1 is 1.00 bits per heavy atom. The summed E-state index contributed by atoms with van der Waals surface area (Å²) in [6.07, 6.45) is 1.21. The summed E-state index contributed by atoms with van der Waals surface area (Å²) in [7, 11) is -4.22. The number of hydrogen-bond acceptors (Lipinski definition) is 8. The Bertz CT molecular complexity index is 1320. The second kappa shape index (κ2) is 8.94. The van der Waals surface area contributed by atoms with Crippen molar-refractivity contribution in [2.24, 2.45) is 5.10 Å². The van der Waals surface area contributed by atoms with E-state index in [9.17, 15) is 28.7 Å². The minimum Gasteiger partial charge on any atom is -0.508 e. The molecule has 3 aromatic carbocycles. The Hall–Kier alpha value is -4.12. The van der Waals surface area contributed by atoms with Crippen LogP contribution in [0, 0.1) is 24.0 Å². The van der Waals surface area contributed by atoms with E-state index in [0.717, 1.165) is 23.8 Å². The number of nitro benzene ring substituents is 1. The molecule has 32 heavy (non-hydrogen) atoms. The van der Waals surface area contributed by atoms with E-state index >= 15 is 0 Å². The number of nitrogens with one attached hydrogen (secondary N) is 2.